The third kappa shape index (κ3) is 5.68. The van der Waals surface area contributed by atoms with Crippen LogP contribution in [0.4, 0.5) is 10.5 Å². The molecule has 0 saturated carbocycles. The van der Waals surface area contributed by atoms with Gasteiger partial charge in [-0.05, 0) is 88.9 Å². The van der Waals surface area contributed by atoms with Gasteiger partial charge in [-0.3, -0.25) is 9.88 Å². The molecular weight excluding hydrogens is 450 g/mol. The summed E-state index contributed by atoms with van der Waals surface area (Å²) in [5.74, 6) is 0.765. The minimum Gasteiger partial charge on any atom is -0.496 e. The van der Waals surface area contributed by atoms with Crippen molar-refractivity contribution in [3.8, 4) is 16.9 Å². The molecule has 6 nitrogen and oxygen atoms in total. The number of methoxy groups -OCH3 is 1. The number of hydrogen-bond donors (Lipinski definition) is 0. The third-order valence-corrected chi connectivity index (χ3v) is 5.88. The highest BCUT2D eigenvalue weighted by Gasteiger charge is 2.26. The van der Waals surface area contributed by atoms with Crippen LogP contribution in [0.1, 0.15) is 48.7 Å². The van der Waals surface area contributed by atoms with E-state index in [4.69, 9.17) is 21.1 Å². The van der Waals surface area contributed by atoms with Gasteiger partial charge in [-0.15, -0.1) is 0 Å². The maximum atomic E-state index is 13.4. The average molecular weight is 482 g/mol. The molecule has 0 aliphatic heterocycles. The number of halogens is 1. The Morgan fingerprint density at radius 1 is 1.06 bits per heavy atom. The molecule has 0 N–H and O–H groups in total. The quantitative estimate of drug-likeness (QED) is 0.368. The summed E-state index contributed by atoms with van der Waals surface area (Å²) < 4.78 is 11.3. The van der Waals surface area contributed by atoms with E-state index in [1.165, 1.54) is 0 Å². The van der Waals surface area contributed by atoms with Gasteiger partial charge in [0.1, 0.15) is 16.5 Å². The highest BCUT2D eigenvalue weighted by molar-refractivity contribution is 6.30. The van der Waals surface area contributed by atoms with Crippen LogP contribution in [0.5, 0.6) is 5.75 Å². The highest BCUT2D eigenvalue weighted by Crippen LogP contribution is 2.33. The molecule has 0 aliphatic carbocycles. The van der Waals surface area contributed by atoms with Crippen molar-refractivity contribution in [2.75, 3.05) is 12.0 Å². The molecule has 2 heterocycles. The second kappa shape index (κ2) is 10.0. The molecule has 0 fully saturated rings. The largest absolute Gasteiger partial charge is 0.496 e. The second-order valence-corrected chi connectivity index (χ2v) is 9.80. The molecule has 3 aromatic rings. The highest BCUT2D eigenvalue weighted by atomic mass is 35.5. The molecular formula is C27H32ClN3O3. The van der Waals surface area contributed by atoms with Crippen molar-refractivity contribution < 1.29 is 14.3 Å². The lowest BCUT2D eigenvalue weighted by Crippen LogP contribution is -2.37. The molecule has 0 radical (unpaired) electrons. The number of aromatic nitrogens is 2. The number of rotatable bonds is 5. The molecule has 0 saturated heterocycles. The summed E-state index contributed by atoms with van der Waals surface area (Å²) in [6.07, 6.45) is 3.00. The lowest BCUT2D eigenvalue weighted by Gasteiger charge is -2.28. The Balaban J connectivity index is 2.13. The zero-order chi connectivity index (χ0) is 25.2. The molecule has 1 amide bonds. The number of carbonyl (C=O) groups excluding carboxylic acids is 1. The lowest BCUT2D eigenvalue weighted by molar-refractivity contribution is 0.0577. The van der Waals surface area contributed by atoms with Gasteiger partial charge >= 0.3 is 6.09 Å². The van der Waals surface area contributed by atoms with Crippen LogP contribution in [0, 0.1) is 27.7 Å². The van der Waals surface area contributed by atoms with Crippen LogP contribution < -0.4 is 9.64 Å². The van der Waals surface area contributed by atoms with Crippen molar-refractivity contribution in [1.82, 2.24) is 9.97 Å². The standard InChI is InChI=1S/C27H32ClN3O3/c1-16-11-20(22-9-10-29-25(28)18(22)3)13-21(12-16)31(26(32)34-27(5,6)7)15-23-19(4)24(33-8)17(2)14-30-23/h9-14H,15H2,1-8H3. The van der Waals surface area contributed by atoms with Crippen molar-refractivity contribution in [3.63, 3.8) is 0 Å². The van der Waals surface area contributed by atoms with Crippen molar-refractivity contribution >= 4 is 23.4 Å². The maximum absolute atomic E-state index is 13.4. The first-order valence-electron chi connectivity index (χ1n) is 11.1. The van der Waals surface area contributed by atoms with Crippen LogP contribution in [0.2, 0.25) is 5.15 Å². The number of pyridine rings is 2. The maximum Gasteiger partial charge on any atom is 0.415 e. The fourth-order valence-corrected chi connectivity index (χ4v) is 4.01. The van der Waals surface area contributed by atoms with Crippen molar-refractivity contribution in [3.05, 3.63) is 69.8 Å². The van der Waals surface area contributed by atoms with E-state index >= 15 is 0 Å². The zero-order valence-corrected chi connectivity index (χ0v) is 21.9. The molecule has 0 atom stereocenters. The van der Waals surface area contributed by atoms with E-state index in [1.807, 2.05) is 66.7 Å². The van der Waals surface area contributed by atoms with E-state index in [1.54, 1.807) is 24.4 Å². The summed E-state index contributed by atoms with van der Waals surface area (Å²) in [5.41, 5.74) is 6.40. The fourth-order valence-electron chi connectivity index (χ4n) is 3.86. The second-order valence-electron chi connectivity index (χ2n) is 9.44. The van der Waals surface area contributed by atoms with E-state index in [0.717, 1.165) is 44.8 Å². The number of carbonyl (C=O) groups is 1. The van der Waals surface area contributed by atoms with Gasteiger partial charge in [0.05, 0.1) is 19.3 Å². The first kappa shape index (κ1) is 25.5. The van der Waals surface area contributed by atoms with E-state index in [0.29, 0.717) is 10.8 Å². The Kier molecular flexibility index (Phi) is 7.51. The summed E-state index contributed by atoms with van der Waals surface area (Å²) in [6, 6.07) is 7.92. The topological polar surface area (TPSA) is 64.5 Å². The number of nitrogens with zero attached hydrogens (tertiary/aromatic N) is 3. The lowest BCUT2D eigenvalue weighted by atomic mass is 9.99. The minimum absolute atomic E-state index is 0.233. The Hall–Kier alpha value is -3.12. The average Bonchev–Trinajstić information content (AvgIpc) is 2.73. The van der Waals surface area contributed by atoms with Crippen LogP contribution in [0.25, 0.3) is 11.1 Å². The molecule has 1 aromatic carbocycles. The number of ether oxygens (including phenoxy) is 2. The van der Waals surface area contributed by atoms with Crippen LogP contribution in [0.3, 0.4) is 0 Å². The Morgan fingerprint density at radius 3 is 2.41 bits per heavy atom. The van der Waals surface area contributed by atoms with E-state index in [9.17, 15) is 4.79 Å². The Labute approximate surface area is 206 Å². The van der Waals surface area contributed by atoms with Gasteiger partial charge < -0.3 is 9.47 Å². The van der Waals surface area contributed by atoms with Gasteiger partial charge in [0.15, 0.2) is 0 Å². The predicted octanol–water partition coefficient (Wildman–Crippen LogP) is 6.98. The molecule has 0 bridgehead atoms. The van der Waals surface area contributed by atoms with Gasteiger partial charge in [-0.25, -0.2) is 9.78 Å². The number of amides is 1. The fraction of sp³-hybridized carbons (Fsp3) is 0.370. The monoisotopic (exact) mass is 481 g/mol. The number of aryl methyl sites for hydroxylation is 2. The Bertz CT molecular complexity index is 1220. The van der Waals surface area contributed by atoms with Crippen LogP contribution in [-0.2, 0) is 11.3 Å². The van der Waals surface area contributed by atoms with E-state index < -0.39 is 11.7 Å². The number of hydrogen-bond acceptors (Lipinski definition) is 5. The first-order chi connectivity index (χ1) is 15.9. The van der Waals surface area contributed by atoms with Gasteiger partial charge in [-0.1, -0.05) is 17.7 Å². The molecule has 34 heavy (non-hydrogen) atoms. The molecule has 0 unspecified atom stereocenters. The molecule has 7 heteroatoms. The van der Waals surface area contributed by atoms with Crippen LogP contribution in [0.15, 0.2) is 36.7 Å². The number of benzene rings is 1. The minimum atomic E-state index is -0.648. The van der Waals surface area contributed by atoms with Gasteiger partial charge in [0.25, 0.3) is 0 Å². The summed E-state index contributed by atoms with van der Waals surface area (Å²) in [4.78, 5) is 23.8. The summed E-state index contributed by atoms with van der Waals surface area (Å²) in [7, 11) is 1.64. The van der Waals surface area contributed by atoms with E-state index in [-0.39, 0.29) is 6.54 Å². The molecule has 2 aromatic heterocycles. The Morgan fingerprint density at radius 2 is 1.76 bits per heavy atom. The van der Waals surface area contributed by atoms with Gasteiger partial charge in [0.2, 0.25) is 0 Å². The summed E-state index contributed by atoms with van der Waals surface area (Å²) >= 11 is 6.28. The SMILES string of the molecule is COc1c(C)cnc(CN(C(=O)OC(C)(C)C)c2cc(C)cc(-c3ccnc(Cl)c3C)c2)c1C. The summed E-state index contributed by atoms with van der Waals surface area (Å²) in [6.45, 7) is 13.6. The van der Waals surface area contributed by atoms with Gasteiger partial charge in [0, 0.05) is 29.2 Å². The first-order valence-corrected chi connectivity index (χ1v) is 11.5. The van der Waals surface area contributed by atoms with Crippen molar-refractivity contribution in [2.45, 2.75) is 60.6 Å². The molecule has 3 rings (SSSR count). The van der Waals surface area contributed by atoms with Crippen molar-refractivity contribution in [2.24, 2.45) is 0 Å². The van der Waals surface area contributed by atoms with Gasteiger partial charge in [-0.2, -0.15) is 0 Å². The van der Waals surface area contributed by atoms with Crippen LogP contribution >= 0.6 is 11.6 Å². The zero-order valence-electron chi connectivity index (χ0n) is 21.1. The smallest absolute Gasteiger partial charge is 0.415 e. The molecule has 0 aliphatic rings. The number of anilines is 1. The molecule has 180 valence electrons. The van der Waals surface area contributed by atoms with E-state index in [2.05, 4.69) is 16.0 Å². The summed E-state index contributed by atoms with van der Waals surface area (Å²) in [5, 5.41) is 0.455. The predicted molar refractivity (Wildman–Crippen MR) is 137 cm³/mol. The third-order valence-electron chi connectivity index (χ3n) is 5.50. The van der Waals surface area contributed by atoms with Crippen LogP contribution in [-0.4, -0.2) is 28.8 Å². The molecule has 0 spiro atoms. The van der Waals surface area contributed by atoms with Crippen molar-refractivity contribution in [1.29, 1.82) is 0 Å². The normalized spacial score (nSPS) is 11.3.